The van der Waals surface area contributed by atoms with Crippen LogP contribution in [0.2, 0.25) is 0 Å². The molecule has 0 amide bonds. The lowest BCUT2D eigenvalue weighted by Gasteiger charge is -2.34. The van der Waals surface area contributed by atoms with Gasteiger partial charge in [-0.25, -0.2) is 4.98 Å². The highest BCUT2D eigenvalue weighted by Crippen LogP contribution is 2.32. The molecule has 1 aromatic rings. The molecule has 1 fully saturated rings. The summed E-state index contributed by atoms with van der Waals surface area (Å²) in [5.74, 6) is 0.812. The Morgan fingerprint density at radius 1 is 1.50 bits per heavy atom. The van der Waals surface area contributed by atoms with Crippen LogP contribution in [0.3, 0.4) is 0 Å². The third kappa shape index (κ3) is 3.11. The fourth-order valence-electron chi connectivity index (χ4n) is 2.48. The molecule has 1 aliphatic heterocycles. The van der Waals surface area contributed by atoms with E-state index < -0.39 is 0 Å². The molecule has 18 heavy (non-hydrogen) atoms. The Balaban J connectivity index is 2.04. The largest absolute Gasteiger partial charge is 0.396 e. The van der Waals surface area contributed by atoms with Crippen molar-refractivity contribution in [2.24, 2.45) is 0 Å². The fraction of sp³-hybridized carbons (Fsp3) is 0.786. The summed E-state index contributed by atoms with van der Waals surface area (Å²) < 4.78 is 0. The number of aliphatic hydroxyl groups is 1. The number of aromatic nitrogens is 1. The van der Waals surface area contributed by atoms with Gasteiger partial charge in [0.05, 0.1) is 11.6 Å². The molecule has 1 aromatic heterocycles. The maximum atomic E-state index is 9.19. The van der Waals surface area contributed by atoms with Crippen molar-refractivity contribution in [1.29, 1.82) is 0 Å². The van der Waals surface area contributed by atoms with Crippen LogP contribution in [0.4, 0.5) is 0 Å². The molecule has 0 saturated carbocycles. The van der Waals surface area contributed by atoms with Crippen molar-refractivity contribution in [2.45, 2.75) is 51.5 Å². The molecule has 102 valence electrons. The number of nitrogens with zero attached hydrogens (tertiary/aromatic N) is 2. The molecule has 0 radical (unpaired) electrons. The summed E-state index contributed by atoms with van der Waals surface area (Å²) in [4.78, 5) is 8.35. The summed E-state index contributed by atoms with van der Waals surface area (Å²) in [6.45, 7) is 9.16. The second-order valence-corrected chi connectivity index (χ2v) is 6.71. The Morgan fingerprint density at radius 2 is 2.28 bits per heavy atom. The van der Waals surface area contributed by atoms with Gasteiger partial charge in [-0.2, -0.15) is 0 Å². The monoisotopic (exact) mass is 268 g/mol. The van der Waals surface area contributed by atoms with Crippen LogP contribution < -0.4 is 0 Å². The standard InChI is InChI=1S/C14H24N2OS/c1-10(2)16-6-4-5-12(8-16)14-15-7-13(18-14)11(3)9-17/h7,10-12,17H,4-6,8-9H2,1-3H3. The van der Waals surface area contributed by atoms with Crippen molar-refractivity contribution >= 4 is 11.3 Å². The van der Waals surface area contributed by atoms with Gasteiger partial charge >= 0.3 is 0 Å². The van der Waals surface area contributed by atoms with Crippen LogP contribution in [0.5, 0.6) is 0 Å². The number of piperidine rings is 1. The molecule has 2 unspecified atom stereocenters. The van der Waals surface area contributed by atoms with Crippen molar-refractivity contribution in [3.63, 3.8) is 0 Å². The molecule has 0 bridgehead atoms. The number of hydrogen-bond donors (Lipinski definition) is 1. The van der Waals surface area contributed by atoms with E-state index in [0.29, 0.717) is 12.0 Å². The van der Waals surface area contributed by atoms with Gasteiger partial charge in [0.15, 0.2) is 0 Å². The molecule has 1 aliphatic rings. The quantitative estimate of drug-likeness (QED) is 0.912. The van der Waals surface area contributed by atoms with E-state index in [0.717, 1.165) is 6.54 Å². The molecule has 1 N–H and O–H groups in total. The van der Waals surface area contributed by atoms with E-state index in [1.807, 2.05) is 6.20 Å². The average Bonchev–Trinajstić information content (AvgIpc) is 2.87. The number of rotatable bonds is 4. The summed E-state index contributed by atoms with van der Waals surface area (Å²) in [6.07, 6.45) is 4.48. The van der Waals surface area contributed by atoms with E-state index in [4.69, 9.17) is 0 Å². The maximum Gasteiger partial charge on any atom is 0.0971 e. The minimum atomic E-state index is 0.213. The first kappa shape index (κ1) is 14.0. The van der Waals surface area contributed by atoms with E-state index >= 15 is 0 Å². The van der Waals surface area contributed by atoms with Gasteiger partial charge in [0, 0.05) is 35.5 Å². The van der Waals surface area contributed by atoms with Gasteiger partial charge in [0.2, 0.25) is 0 Å². The van der Waals surface area contributed by atoms with Crippen LogP contribution in [-0.2, 0) is 0 Å². The van der Waals surface area contributed by atoms with Crippen molar-refractivity contribution in [1.82, 2.24) is 9.88 Å². The summed E-state index contributed by atoms with van der Waals surface area (Å²) >= 11 is 1.79. The Morgan fingerprint density at radius 3 is 2.94 bits per heavy atom. The van der Waals surface area contributed by atoms with E-state index in [-0.39, 0.29) is 12.5 Å². The Kier molecular flexibility index (Phi) is 4.76. The van der Waals surface area contributed by atoms with Gasteiger partial charge in [0.1, 0.15) is 0 Å². The van der Waals surface area contributed by atoms with Crippen LogP contribution in [-0.4, -0.2) is 40.7 Å². The van der Waals surface area contributed by atoms with E-state index in [1.165, 1.54) is 29.3 Å². The number of likely N-dealkylation sites (tertiary alicyclic amines) is 1. The topological polar surface area (TPSA) is 36.4 Å². The third-order valence-corrected chi connectivity index (χ3v) is 5.22. The molecule has 0 aliphatic carbocycles. The molecule has 2 heterocycles. The predicted molar refractivity (Wildman–Crippen MR) is 76.3 cm³/mol. The van der Waals surface area contributed by atoms with Crippen molar-refractivity contribution in [2.75, 3.05) is 19.7 Å². The maximum absolute atomic E-state index is 9.19. The highest BCUT2D eigenvalue weighted by Gasteiger charge is 2.25. The molecule has 2 rings (SSSR count). The first-order valence-corrected chi connectivity index (χ1v) is 7.74. The van der Waals surface area contributed by atoms with Crippen molar-refractivity contribution < 1.29 is 5.11 Å². The van der Waals surface area contributed by atoms with Gasteiger partial charge in [0.25, 0.3) is 0 Å². The van der Waals surface area contributed by atoms with Crippen LogP contribution in [0.25, 0.3) is 0 Å². The van der Waals surface area contributed by atoms with Gasteiger partial charge in [-0.1, -0.05) is 6.92 Å². The van der Waals surface area contributed by atoms with Gasteiger partial charge in [-0.3, -0.25) is 0 Å². The molecule has 0 aromatic carbocycles. The summed E-state index contributed by atoms with van der Waals surface area (Å²) in [6, 6.07) is 0.628. The van der Waals surface area contributed by atoms with Gasteiger partial charge < -0.3 is 10.0 Å². The molecular formula is C14H24N2OS. The van der Waals surface area contributed by atoms with Crippen molar-refractivity contribution in [3.05, 3.63) is 16.1 Å². The molecule has 0 spiro atoms. The second-order valence-electron chi connectivity index (χ2n) is 5.61. The lowest BCUT2D eigenvalue weighted by Crippen LogP contribution is -2.39. The molecule has 3 nitrogen and oxygen atoms in total. The predicted octanol–water partition coefficient (Wildman–Crippen LogP) is 2.83. The number of aliphatic hydroxyl groups excluding tert-OH is 1. The van der Waals surface area contributed by atoms with Crippen LogP contribution in [0.1, 0.15) is 55.3 Å². The minimum Gasteiger partial charge on any atom is -0.396 e. The van der Waals surface area contributed by atoms with Gasteiger partial charge in [-0.05, 0) is 33.2 Å². The lowest BCUT2D eigenvalue weighted by molar-refractivity contribution is 0.167. The zero-order valence-electron chi connectivity index (χ0n) is 11.6. The Hall–Kier alpha value is -0.450. The van der Waals surface area contributed by atoms with Crippen LogP contribution >= 0.6 is 11.3 Å². The summed E-state index contributed by atoms with van der Waals surface area (Å²) in [5, 5.41) is 10.5. The first-order valence-electron chi connectivity index (χ1n) is 6.92. The second kappa shape index (κ2) is 6.13. The summed E-state index contributed by atoms with van der Waals surface area (Å²) in [5.41, 5.74) is 0. The highest BCUT2D eigenvalue weighted by molar-refractivity contribution is 7.11. The molecule has 2 atom stereocenters. The van der Waals surface area contributed by atoms with Crippen LogP contribution in [0, 0.1) is 0 Å². The number of thiazole rings is 1. The first-order chi connectivity index (χ1) is 8.61. The minimum absolute atomic E-state index is 0.213. The third-order valence-electron chi connectivity index (χ3n) is 3.83. The van der Waals surface area contributed by atoms with Crippen LogP contribution in [0.15, 0.2) is 6.20 Å². The zero-order valence-corrected chi connectivity index (χ0v) is 12.4. The normalized spacial score (nSPS) is 23.5. The average molecular weight is 268 g/mol. The van der Waals surface area contributed by atoms with E-state index in [2.05, 4.69) is 30.7 Å². The SMILES string of the molecule is CC(CO)c1cnc(C2CCCN(C(C)C)C2)s1. The molecule has 1 saturated heterocycles. The highest BCUT2D eigenvalue weighted by atomic mass is 32.1. The smallest absolute Gasteiger partial charge is 0.0971 e. The van der Waals surface area contributed by atoms with Gasteiger partial charge in [-0.15, -0.1) is 11.3 Å². The van der Waals surface area contributed by atoms with Crippen molar-refractivity contribution in [3.8, 4) is 0 Å². The molecular weight excluding hydrogens is 244 g/mol. The summed E-state index contributed by atoms with van der Waals surface area (Å²) in [7, 11) is 0. The van der Waals surface area contributed by atoms with E-state index in [9.17, 15) is 5.11 Å². The lowest BCUT2D eigenvalue weighted by atomic mass is 9.98. The molecule has 4 heteroatoms. The fourth-order valence-corrected chi connectivity index (χ4v) is 3.57. The number of hydrogen-bond acceptors (Lipinski definition) is 4. The zero-order chi connectivity index (χ0) is 13.1. The Labute approximate surface area is 114 Å². The Bertz CT molecular complexity index is 378. The van der Waals surface area contributed by atoms with E-state index in [1.54, 1.807) is 11.3 Å².